The predicted octanol–water partition coefficient (Wildman–Crippen LogP) is 3.41. The molecule has 2 aromatic heterocycles. The Morgan fingerprint density at radius 3 is 2.83 bits per heavy atom. The second kappa shape index (κ2) is 9.04. The number of allylic oxidation sites excluding steroid dienone is 1. The van der Waals surface area contributed by atoms with Crippen LogP contribution in [0.3, 0.4) is 0 Å². The van der Waals surface area contributed by atoms with Crippen LogP contribution in [-0.4, -0.2) is 36.9 Å². The van der Waals surface area contributed by atoms with Gasteiger partial charge in [0, 0.05) is 13.1 Å². The standard InChI is InChI=1S/C22H27N5O2S/c1-3-13-26-20(29)17-11-7-8-12-18(17)27-21(26)24-25-22(27)30-15(2)19(28)23-14-16-9-5-4-6-10-16/h3,7-8,11-12,15-16H,1,4-6,9-10,13-14H2,2H3,(H,23,28). The van der Waals surface area contributed by atoms with Crippen molar-refractivity contribution in [2.45, 2.75) is 56.0 Å². The summed E-state index contributed by atoms with van der Waals surface area (Å²) in [6.45, 7) is 6.71. The first-order chi connectivity index (χ1) is 14.6. The number of hydrogen-bond acceptors (Lipinski definition) is 5. The van der Waals surface area contributed by atoms with Gasteiger partial charge in [0.15, 0.2) is 5.16 Å². The van der Waals surface area contributed by atoms with E-state index >= 15 is 0 Å². The maximum absolute atomic E-state index is 12.9. The largest absolute Gasteiger partial charge is 0.355 e. The minimum atomic E-state index is -0.320. The summed E-state index contributed by atoms with van der Waals surface area (Å²) < 4.78 is 3.41. The molecule has 1 atom stereocenters. The van der Waals surface area contributed by atoms with Crippen molar-refractivity contribution in [1.29, 1.82) is 0 Å². The van der Waals surface area contributed by atoms with Gasteiger partial charge in [-0.3, -0.25) is 18.6 Å². The monoisotopic (exact) mass is 425 g/mol. The molecule has 30 heavy (non-hydrogen) atoms. The number of thioether (sulfide) groups is 1. The van der Waals surface area contributed by atoms with Crippen LogP contribution < -0.4 is 10.9 Å². The minimum Gasteiger partial charge on any atom is -0.355 e. The van der Waals surface area contributed by atoms with Gasteiger partial charge in [0.1, 0.15) is 0 Å². The summed E-state index contributed by atoms with van der Waals surface area (Å²) in [6, 6.07) is 7.40. The Morgan fingerprint density at radius 1 is 1.30 bits per heavy atom. The van der Waals surface area contributed by atoms with Crippen molar-refractivity contribution in [2.24, 2.45) is 5.92 Å². The van der Waals surface area contributed by atoms with E-state index < -0.39 is 0 Å². The lowest BCUT2D eigenvalue weighted by molar-refractivity contribution is -0.120. The van der Waals surface area contributed by atoms with Crippen LogP contribution >= 0.6 is 11.8 Å². The SMILES string of the molecule is C=CCn1c(=O)c2ccccc2n2c(SC(C)C(=O)NCC3CCCCC3)nnc12. The maximum Gasteiger partial charge on any atom is 0.263 e. The summed E-state index contributed by atoms with van der Waals surface area (Å²) in [5, 5.41) is 12.5. The highest BCUT2D eigenvalue weighted by Gasteiger charge is 2.22. The molecule has 8 heteroatoms. The summed E-state index contributed by atoms with van der Waals surface area (Å²) >= 11 is 1.36. The number of carbonyl (C=O) groups excluding carboxylic acids is 1. The van der Waals surface area contributed by atoms with Crippen LogP contribution in [0.15, 0.2) is 46.9 Å². The Bertz CT molecular complexity index is 1130. The van der Waals surface area contributed by atoms with E-state index in [9.17, 15) is 9.59 Å². The Morgan fingerprint density at radius 2 is 2.07 bits per heavy atom. The van der Waals surface area contributed by atoms with E-state index in [2.05, 4.69) is 22.1 Å². The van der Waals surface area contributed by atoms with Gasteiger partial charge in [0.25, 0.3) is 5.56 Å². The van der Waals surface area contributed by atoms with Gasteiger partial charge in [0.05, 0.1) is 16.2 Å². The molecule has 1 fully saturated rings. The van der Waals surface area contributed by atoms with Crippen LogP contribution in [0.2, 0.25) is 0 Å². The molecule has 0 radical (unpaired) electrons. The lowest BCUT2D eigenvalue weighted by Gasteiger charge is -2.22. The summed E-state index contributed by atoms with van der Waals surface area (Å²) in [5.74, 6) is 1.05. The third-order valence-corrected chi connectivity index (χ3v) is 6.77. The normalized spacial score (nSPS) is 16.0. The summed E-state index contributed by atoms with van der Waals surface area (Å²) in [5.41, 5.74) is 0.611. The molecule has 7 nitrogen and oxygen atoms in total. The number of benzene rings is 1. The second-order valence-electron chi connectivity index (χ2n) is 7.85. The smallest absolute Gasteiger partial charge is 0.263 e. The number of hydrogen-bond donors (Lipinski definition) is 1. The fourth-order valence-corrected chi connectivity index (χ4v) is 4.98. The number of rotatable bonds is 7. The average molecular weight is 426 g/mol. The number of fused-ring (bicyclic) bond motifs is 3. The zero-order chi connectivity index (χ0) is 21.1. The van der Waals surface area contributed by atoms with Gasteiger partial charge < -0.3 is 5.32 Å². The lowest BCUT2D eigenvalue weighted by Crippen LogP contribution is -2.35. The number of amides is 1. The highest BCUT2D eigenvalue weighted by molar-refractivity contribution is 8.00. The lowest BCUT2D eigenvalue weighted by atomic mass is 9.89. The predicted molar refractivity (Wildman–Crippen MR) is 120 cm³/mol. The number of carbonyl (C=O) groups is 1. The summed E-state index contributed by atoms with van der Waals surface area (Å²) in [4.78, 5) is 25.5. The third kappa shape index (κ3) is 4.01. The molecule has 1 unspecified atom stereocenters. The van der Waals surface area contributed by atoms with Gasteiger partial charge in [-0.1, -0.05) is 49.2 Å². The Balaban J connectivity index is 1.60. The van der Waals surface area contributed by atoms with Crippen molar-refractivity contribution in [3.8, 4) is 0 Å². The first-order valence-electron chi connectivity index (χ1n) is 10.5. The molecule has 1 N–H and O–H groups in total. The Hall–Kier alpha value is -2.61. The zero-order valence-electron chi connectivity index (χ0n) is 17.2. The first-order valence-corrected chi connectivity index (χ1v) is 11.4. The number of para-hydroxylation sites is 1. The molecule has 4 rings (SSSR count). The number of nitrogens with zero attached hydrogens (tertiary/aromatic N) is 4. The first kappa shape index (κ1) is 20.7. The molecular weight excluding hydrogens is 398 g/mol. The van der Waals surface area contributed by atoms with Crippen LogP contribution in [0.4, 0.5) is 0 Å². The molecule has 1 saturated carbocycles. The molecule has 1 amide bonds. The Labute approximate surface area is 179 Å². The third-order valence-electron chi connectivity index (χ3n) is 5.73. The molecule has 3 aromatic rings. The zero-order valence-corrected chi connectivity index (χ0v) is 18.0. The van der Waals surface area contributed by atoms with Crippen molar-refractivity contribution in [2.75, 3.05) is 6.54 Å². The van der Waals surface area contributed by atoms with E-state index in [-0.39, 0.29) is 16.7 Å². The van der Waals surface area contributed by atoms with Gasteiger partial charge in [0.2, 0.25) is 11.7 Å². The van der Waals surface area contributed by atoms with E-state index in [0.717, 1.165) is 12.1 Å². The Kier molecular flexibility index (Phi) is 6.22. The molecule has 0 aliphatic heterocycles. The van der Waals surface area contributed by atoms with Crippen molar-refractivity contribution >= 4 is 34.3 Å². The molecule has 1 aromatic carbocycles. The second-order valence-corrected chi connectivity index (χ2v) is 9.16. The summed E-state index contributed by atoms with van der Waals surface area (Å²) in [6.07, 6.45) is 7.89. The average Bonchev–Trinajstić information content (AvgIpc) is 3.19. The molecule has 2 heterocycles. The molecule has 1 aliphatic rings. The summed E-state index contributed by atoms with van der Waals surface area (Å²) in [7, 11) is 0. The van der Waals surface area contributed by atoms with Crippen LogP contribution in [0.5, 0.6) is 0 Å². The van der Waals surface area contributed by atoms with Crippen molar-refractivity contribution in [3.63, 3.8) is 0 Å². The quantitative estimate of drug-likeness (QED) is 0.463. The molecule has 0 saturated heterocycles. The molecular formula is C22H27N5O2S. The van der Waals surface area contributed by atoms with Gasteiger partial charge >= 0.3 is 0 Å². The topological polar surface area (TPSA) is 81.3 Å². The van der Waals surface area contributed by atoms with Gasteiger partial charge in [-0.2, -0.15) is 0 Å². The maximum atomic E-state index is 12.9. The van der Waals surface area contributed by atoms with E-state index in [0.29, 0.717) is 28.8 Å². The van der Waals surface area contributed by atoms with E-state index in [1.165, 1.54) is 43.9 Å². The number of nitrogens with one attached hydrogen (secondary N) is 1. The molecule has 158 valence electrons. The minimum absolute atomic E-state index is 0.00559. The van der Waals surface area contributed by atoms with E-state index in [4.69, 9.17) is 0 Å². The van der Waals surface area contributed by atoms with Crippen molar-refractivity contribution in [1.82, 2.24) is 24.5 Å². The van der Waals surface area contributed by atoms with Gasteiger partial charge in [-0.25, -0.2) is 0 Å². The number of aromatic nitrogens is 4. The fraction of sp³-hybridized carbons (Fsp3) is 0.455. The van der Waals surface area contributed by atoms with Crippen LogP contribution in [0.1, 0.15) is 39.0 Å². The molecule has 0 spiro atoms. The van der Waals surface area contributed by atoms with Crippen LogP contribution in [0, 0.1) is 5.92 Å². The fourth-order valence-electron chi connectivity index (χ4n) is 4.10. The highest BCUT2D eigenvalue weighted by atomic mass is 32.2. The van der Waals surface area contributed by atoms with Crippen molar-refractivity contribution < 1.29 is 4.79 Å². The van der Waals surface area contributed by atoms with E-state index in [1.54, 1.807) is 16.7 Å². The van der Waals surface area contributed by atoms with Crippen molar-refractivity contribution in [3.05, 3.63) is 47.3 Å². The molecule has 0 bridgehead atoms. The van der Waals surface area contributed by atoms with Crippen LogP contribution in [0.25, 0.3) is 16.7 Å². The van der Waals surface area contributed by atoms with Gasteiger partial charge in [-0.05, 0) is 37.8 Å². The highest BCUT2D eigenvalue weighted by Crippen LogP contribution is 2.26. The van der Waals surface area contributed by atoms with E-state index in [1.807, 2.05) is 29.5 Å². The van der Waals surface area contributed by atoms with Crippen LogP contribution in [-0.2, 0) is 11.3 Å². The molecule has 1 aliphatic carbocycles. The van der Waals surface area contributed by atoms with Gasteiger partial charge in [-0.15, -0.1) is 16.8 Å².